The third-order valence-corrected chi connectivity index (χ3v) is 6.41. The Morgan fingerprint density at radius 3 is 2.38 bits per heavy atom. The summed E-state index contributed by atoms with van der Waals surface area (Å²) in [5, 5.41) is 0.361. The van der Waals surface area contributed by atoms with Gasteiger partial charge in [0.05, 0.1) is 49.9 Å². The van der Waals surface area contributed by atoms with Gasteiger partial charge in [-0.25, -0.2) is 8.42 Å². The van der Waals surface area contributed by atoms with Crippen LogP contribution >= 0.6 is 23.2 Å². The van der Waals surface area contributed by atoms with Gasteiger partial charge >= 0.3 is 0 Å². The minimum absolute atomic E-state index is 0.0370. The van der Waals surface area contributed by atoms with E-state index in [1.54, 1.807) is 0 Å². The van der Waals surface area contributed by atoms with Crippen molar-refractivity contribution in [3.05, 3.63) is 22.2 Å². The second-order valence-electron chi connectivity index (χ2n) is 4.92. The molecule has 0 amide bonds. The summed E-state index contributed by atoms with van der Waals surface area (Å²) < 4.78 is 31.9. The van der Waals surface area contributed by atoms with Crippen molar-refractivity contribution in [1.29, 1.82) is 0 Å². The smallest absolute Gasteiger partial charge is 0.245 e. The maximum Gasteiger partial charge on any atom is 0.245 e. The number of sulfonamides is 1. The number of nitrogens with one attached hydrogen (secondary N) is 1. The van der Waals surface area contributed by atoms with Gasteiger partial charge in [0.2, 0.25) is 10.0 Å². The summed E-state index contributed by atoms with van der Waals surface area (Å²) in [6.45, 7) is 5.69. The zero-order valence-electron chi connectivity index (χ0n) is 12.0. The highest BCUT2D eigenvalue weighted by Crippen LogP contribution is 2.34. The predicted octanol–water partition coefficient (Wildman–Crippen LogP) is 0.911. The van der Waals surface area contributed by atoms with Crippen LogP contribution in [-0.2, 0) is 10.0 Å². The lowest BCUT2D eigenvalue weighted by molar-refractivity contribution is -0.901. The normalized spacial score (nSPS) is 17.9. The van der Waals surface area contributed by atoms with Gasteiger partial charge in [0.25, 0.3) is 0 Å². The highest BCUT2D eigenvalue weighted by Gasteiger charge is 2.32. The molecule has 8 heteroatoms. The Morgan fingerprint density at radius 1 is 1.24 bits per heavy atom. The van der Waals surface area contributed by atoms with Crippen LogP contribution in [0.4, 0.5) is 0 Å². The minimum atomic E-state index is -3.62. The van der Waals surface area contributed by atoms with E-state index in [9.17, 15) is 8.42 Å². The Bertz CT molecular complexity index is 614. The van der Waals surface area contributed by atoms with Crippen molar-refractivity contribution < 1.29 is 18.1 Å². The predicted molar refractivity (Wildman–Crippen MR) is 83.0 cm³/mol. The van der Waals surface area contributed by atoms with E-state index in [4.69, 9.17) is 27.9 Å². The number of hydrogen-bond donors (Lipinski definition) is 1. The zero-order valence-corrected chi connectivity index (χ0v) is 14.4. The monoisotopic (exact) mass is 353 g/mol. The van der Waals surface area contributed by atoms with Crippen LogP contribution < -0.4 is 9.64 Å². The Morgan fingerprint density at radius 2 is 1.86 bits per heavy atom. The van der Waals surface area contributed by atoms with Gasteiger partial charge in [0, 0.05) is 6.07 Å². The van der Waals surface area contributed by atoms with Crippen LogP contribution in [0.5, 0.6) is 5.75 Å². The standard InChI is InChI=1S/C13H18Cl2N2O3S/c1-3-16-4-6-17(7-5-16)21(18,19)13-9-10(14)12(20-2)8-11(13)15/h8-9H,3-7H2,1-2H3/p+1. The Kier molecular flexibility index (Phi) is 5.38. The Labute approximate surface area is 135 Å². The number of piperazine rings is 1. The van der Waals surface area contributed by atoms with Gasteiger partial charge in [-0.15, -0.1) is 0 Å². The summed E-state index contributed by atoms with van der Waals surface area (Å²) in [6, 6.07) is 2.79. The van der Waals surface area contributed by atoms with Crippen LogP contribution in [0.15, 0.2) is 17.0 Å². The molecule has 1 aliphatic rings. The van der Waals surface area contributed by atoms with E-state index in [2.05, 4.69) is 6.92 Å². The van der Waals surface area contributed by atoms with E-state index in [0.29, 0.717) is 18.8 Å². The molecule has 1 N–H and O–H groups in total. The van der Waals surface area contributed by atoms with Crippen LogP contribution in [0.2, 0.25) is 10.0 Å². The first-order valence-electron chi connectivity index (χ1n) is 6.77. The average Bonchev–Trinajstić information content (AvgIpc) is 2.49. The second-order valence-corrected chi connectivity index (χ2v) is 7.65. The molecule has 0 radical (unpaired) electrons. The molecule has 1 fully saturated rings. The maximum absolute atomic E-state index is 12.7. The second kappa shape index (κ2) is 6.71. The van der Waals surface area contributed by atoms with Crippen molar-refractivity contribution in [3.63, 3.8) is 0 Å². The summed E-state index contributed by atoms with van der Waals surface area (Å²) >= 11 is 12.1. The van der Waals surface area contributed by atoms with E-state index in [1.807, 2.05) is 0 Å². The number of rotatable bonds is 4. The molecule has 2 rings (SSSR count). The lowest BCUT2D eigenvalue weighted by Crippen LogP contribution is -3.14. The van der Waals surface area contributed by atoms with E-state index >= 15 is 0 Å². The van der Waals surface area contributed by atoms with Gasteiger partial charge in [-0.1, -0.05) is 23.2 Å². The number of quaternary nitrogens is 1. The van der Waals surface area contributed by atoms with Crippen LogP contribution in [0.1, 0.15) is 6.92 Å². The number of ether oxygens (including phenoxy) is 1. The van der Waals surface area contributed by atoms with Crippen molar-refractivity contribution in [2.24, 2.45) is 0 Å². The third-order valence-electron chi connectivity index (χ3n) is 3.75. The molecule has 0 spiro atoms. The molecular formula is C13H19Cl2N2O3S+. The molecule has 0 aliphatic carbocycles. The van der Waals surface area contributed by atoms with E-state index in [0.717, 1.165) is 19.6 Å². The van der Waals surface area contributed by atoms with E-state index < -0.39 is 10.0 Å². The summed E-state index contributed by atoms with van der Waals surface area (Å²) in [7, 11) is -2.17. The van der Waals surface area contributed by atoms with E-state index in [-0.39, 0.29) is 14.9 Å². The number of nitrogens with zero attached hydrogens (tertiary/aromatic N) is 1. The molecule has 1 aliphatic heterocycles. The molecule has 1 heterocycles. The first-order valence-corrected chi connectivity index (χ1v) is 8.96. The van der Waals surface area contributed by atoms with Gasteiger partial charge < -0.3 is 9.64 Å². The van der Waals surface area contributed by atoms with Crippen LogP contribution in [0.3, 0.4) is 0 Å². The lowest BCUT2D eigenvalue weighted by Gasteiger charge is -2.31. The fourth-order valence-corrected chi connectivity index (χ4v) is 4.67. The highest BCUT2D eigenvalue weighted by atomic mass is 35.5. The van der Waals surface area contributed by atoms with Gasteiger partial charge in [0.15, 0.2) is 0 Å². The fraction of sp³-hybridized carbons (Fsp3) is 0.538. The molecule has 1 aromatic carbocycles. The van der Waals surface area contributed by atoms with Crippen molar-refractivity contribution >= 4 is 33.2 Å². The van der Waals surface area contributed by atoms with Gasteiger partial charge in [-0.3, -0.25) is 0 Å². The minimum Gasteiger partial charge on any atom is -0.495 e. The highest BCUT2D eigenvalue weighted by molar-refractivity contribution is 7.89. The summed E-state index contributed by atoms with van der Waals surface area (Å²) in [6.07, 6.45) is 0. The fourth-order valence-electron chi connectivity index (χ4n) is 2.40. The van der Waals surface area contributed by atoms with Gasteiger partial charge in [0.1, 0.15) is 10.6 Å². The molecule has 118 valence electrons. The van der Waals surface area contributed by atoms with Crippen LogP contribution in [-0.4, -0.2) is 52.6 Å². The molecule has 0 saturated carbocycles. The first kappa shape index (κ1) is 16.8. The molecule has 5 nitrogen and oxygen atoms in total. The molecule has 0 bridgehead atoms. The maximum atomic E-state index is 12.7. The number of halogens is 2. The summed E-state index contributed by atoms with van der Waals surface area (Å²) in [4.78, 5) is 1.44. The molecule has 0 unspecified atom stereocenters. The summed E-state index contributed by atoms with van der Waals surface area (Å²) in [5.74, 6) is 0.362. The number of methoxy groups -OCH3 is 1. The first-order chi connectivity index (χ1) is 9.90. The average molecular weight is 354 g/mol. The van der Waals surface area contributed by atoms with Gasteiger partial charge in [-0.2, -0.15) is 4.31 Å². The zero-order chi connectivity index (χ0) is 15.6. The summed E-state index contributed by atoms with van der Waals surface area (Å²) in [5.41, 5.74) is 0. The van der Waals surface area contributed by atoms with Crippen molar-refractivity contribution in [2.75, 3.05) is 39.8 Å². The molecule has 1 aromatic rings. The van der Waals surface area contributed by atoms with Crippen LogP contribution in [0, 0.1) is 0 Å². The number of likely N-dealkylation sites (N-methyl/N-ethyl adjacent to an activating group) is 1. The molecule has 0 atom stereocenters. The number of hydrogen-bond acceptors (Lipinski definition) is 3. The lowest BCUT2D eigenvalue weighted by atomic mass is 10.3. The molecule has 1 saturated heterocycles. The largest absolute Gasteiger partial charge is 0.495 e. The Hall–Kier alpha value is -0.530. The molecule has 0 aromatic heterocycles. The van der Waals surface area contributed by atoms with E-state index in [1.165, 1.54) is 28.4 Å². The van der Waals surface area contributed by atoms with Crippen LogP contribution in [0.25, 0.3) is 0 Å². The van der Waals surface area contributed by atoms with Crippen molar-refractivity contribution in [2.45, 2.75) is 11.8 Å². The van der Waals surface area contributed by atoms with Gasteiger partial charge in [-0.05, 0) is 13.0 Å². The quantitative estimate of drug-likeness (QED) is 0.875. The van der Waals surface area contributed by atoms with Crippen molar-refractivity contribution in [3.8, 4) is 5.75 Å². The number of benzene rings is 1. The SMILES string of the molecule is CC[NH+]1CCN(S(=O)(=O)c2cc(Cl)c(OC)cc2Cl)CC1. The third kappa shape index (κ3) is 3.46. The topological polar surface area (TPSA) is 51.0 Å². The van der Waals surface area contributed by atoms with Crippen molar-refractivity contribution in [1.82, 2.24) is 4.31 Å². The molecular weight excluding hydrogens is 335 g/mol. The molecule has 21 heavy (non-hydrogen) atoms. The Balaban J connectivity index is 2.30.